The maximum Gasteiger partial charge on any atom is 0.339 e. The first-order valence-corrected chi connectivity index (χ1v) is 13.3. The number of methoxy groups -OCH3 is 2. The number of carbonyl (C=O) groups is 3. The van der Waals surface area contributed by atoms with E-state index >= 15 is 0 Å². The number of anilines is 1. The summed E-state index contributed by atoms with van der Waals surface area (Å²) in [5, 5.41) is 2.82. The highest BCUT2D eigenvalue weighted by atomic mass is 32.2. The van der Waals surface area contributed by atoms with Gasteiger partial charge in [-0.1, -0.05) is 30.3 Å². The third kappa shape index (κ3) is 5.34. The molecule has 0 fully saturated rings. The van der Waals surface area contributed by atoms with Crippen LogP contribution in [0.2, 0.25) is 0 Å². The molecule has 0 aliphatic carbocycles. The van der Waals surface area contributed by atoms with Crippen LogP contribution in [0.15, 0.2) is 82.8 Å². The van der Waals surface area contributed by atoms with Gasteiger partial charge in [-0.3, -0.25) is 4.79 Å². The molecule has 10 nitrogen and oxygen atoms in total. The lowest BCUT2D eigenvalue weighted by atomic mass is 10.1. The number of carbonyl (C=O) groups excluding carboxylic acids is 3. The molecule has 0 spiro atoms. The number of para-hydroxylation sites is 2. The van der Waals surface area contributed by atoms with E-state index in [1.807, 2.05) is 0 Å². The molecule has 0 saturated carbocycles. The second-order valence-electron chi connectivity index (χ2n) is 7.61. The minimum atomic E-state index is -3.98. The van der Waals surface area contributed by atoms with E-state index in [1.54, 1.807) is 42.5 Å². The van der Waals surface area contributed by atoms with Crippen molar-refractivity contribution in [3.63, 3.8) is 0 Å². The summed E-state index contributed by atoms with van der Waals surface area (Å²) < 4.78 is 37.6. The summed E-state index contributed by atoms with van der Waals surface area (Å²) in [6.45, 7) is 0. The largest absolute Gasteiger partial charge is 0.465 e. The molecular formula is C25H22N3O7S2+. The summed E-state index contributed by atoms with van der Waals surface area (Å²) in [7, 11) is -1.57. The van der Waals surface area contributed by atoms with Gasteiger partial charge in [0.15, 0.2) is 11.0 Å². The number of hydrogen-bond acceptors (Lipinski definition) is 8. The number of benzene rings is 3. The highest BCUT2D eigenvalue weighted by Crippen LogP contribution is 2.23. The molecule has 0 unspecified atom stereocenters. The summed E-state index contributed by atoms with van der Waals surface area (Å²) in [6, 6.07) is 18.9. The lowest BCUT2D eigenvalue weighted by molar-refractivity contribution is -0.526. The summed E-state index contributed by atoms with van der Waals surface area (Å²) in [5.41, 5.74) is 1.22. The molecule has 12 heteroatoms. The molecule has 0 bridgehead atoms. The molecule has 4 aromatic rings. The van der Waals surface area contributed by atoms with Crippen LogP contribution < -0.4 is 9.29 Å². The Bertz CT molecular complexity index is 1600. The third-order valence-electron chi connectivity index (χ3n) is 5.29. The first-order valence-electron chi connectivity index (χ1n) is 10.8. The van der Waals surface area contributed by atoms with Gasteiger partial charge in [-0.2, -0.15) is 8.42 Å². The minimum absolute atomic E-state index is 0.0424. The molecule has 1 heterocycles. The van der Waals surface area contributed by atoms with Crippen LogP contribution in [0.4, 0.5) is 5.69 Å². The number of fused-ring (bicyclic) bond motifs is 1. The van der Waals surface area contributed by atoms with Gasteiger partial charge in [-0.15, -0.1) is 3.97 Å². The van der Waals surface area contributed by atoms with E-state index in [0.29, 0.717) is 11.0 Å². The maximum absolute atomic E-state index is 13.5. The Labute approximate surface area is 216 Å². The number of aromatic amines is 1. The van der Waals surface area contributed by atoms with Crippen LogP contribution in [0, 0.1) is 0 Å². The van der Waals surface area contributed by atoms with Gasteiger partial charge in [0.05, 0.1) is 36.8 Å². The van der Waals surface area contributed by atoms with E-state index in [0.717, 1.165) is 15.7 Å². The van der Waals surface area contributed by atoms with Crippen molar-refractivity contribution in [3.8, 4) is 0 Å². The Kier molecular flexibility index (Phi) is 7.60. The number of rotatable bonds is 8. The number of amides is 1. The number of nitrogens with zero attached hydrogens (tertiary/aromatic N) is 1. The minimum Gasteiger partial charge on any atom is -0.465 e. The van der Waals surface area contributed by atoms with Crippen molar-refractivity contribution in [2.24, 2.45) is 0 Å². The van der Waals surface area contributed by atoms with Crippen molar-refractivity contribution in [1.82, 2.24) is 4.98 Å². The number of aromatic nitrogens is 2. The van der Waals surface area contributed by atoms with Crippen molar-refractivity contribution >= 4 is 56.4 Å². The predicted octanol–water partition coefficient (Wildman–Crippen LogP) is 3.00. The SMILES string of the molecule is COC(=O)c1ccc(C(=O)OC)c(NC(=O)CSc2[nH]c3ccccc3[n+]2S(=O)(=O)c2ccccc2)c1. The van der Waals surface area contributed by atoms with Gasteiger partial charge < -0.3 is 14.8 Å². The zero-order valence-corrected chi connectivity index (χ0v) is 21.4. The second-order valence-corrected chi connectivity index (χ2v) is 10.4. The molecule has 37 heavy (non-hydrogen) atoms. The van der Waals surface area contributed by atoms with Gasteiger partial charge in [-0.05, 0) is 54.2 Å². The van der Waals surface area contributed by atoms with Crippen molar-refractivity contribution in [3.05, 3.63) is 83.9 Å². The van der Waals surface area contributed by atoms with Crippen molar-refractivity contribution in [1.29, 1.82) is 0 Å². The molecule has 190 valence electrons. The Balaban J connectivity index is 1.64. The summed E-state index contributed by atoms with van der Waals surface area (Å²) >= 11 is 0.965. The first-order chi connectivity index (χ1) is 17.8. The topological polar surface area (TPSA) is 136 Å². The zero-order valence-electron chi connectivity index (χ0n) is 19.8. The van der Waals surface area contributed by atoms with Crippen molar-refractivity contribution < 1.29 is 36.2 Å². The van der Waals surface area contributed by atoms with Gasteiger partial charge in [-0.25, -0.2) is 14.6 Å². The number of hydrogen-bond donors (Lipinski definition) is 2. The van der Waals surface area contributed by atoms with Crippen LogP contribution in [0.3, 0.4) is 0 Å². The van der Waals surface area contributed by atoms with Crippen LogP contribution in [-0.2, 0) is 24.3 Å². The highest BCUT2D eigenvalue weighted by molar-refractivity contribution is 8.00. The molecule has 0 aliphatic heterocycles. The molecule has 3 aromatic carbocycles. The third-order valence-corrected chi connectivity index (χ3v) is 8.10. The number of esters is 2. The van der Waals surface area contributed by atoms with Gasteiger partial charge in [0.25, 0.3) is 0 Å². The van der Waals surface area contributed by atoms with Crippen LogP contribution in [0.1, 0.15) is 20.7 Å². The van der Waals surface area contributed by atoms with Crippen LogP contribution in [0.5, 0.6) is 0 Å². The monoisotopic (exact) mass is 540 g/mol. The standard InChI is InChI=1S/C25H21N3O7S2/c1-34-23(30)16-12-13-18(24(31)35-2)20(14-16)26-22(29)15-36-25-27-19-10-6-7-11-21(19)28(25)37(32,33)17-8-4-3-5-9-17/h3-14H,15H2,1-2H3,(H,26,29,31)/p+1. The normalized spacial score (nSPS) is 11.2. The molecule has 1 aromatic heterocycles. The average molecular weight is 541 g/mol. The van der Waals surface area contributed by atoms with E-state index in [-0.39, 0.29) is 32.6 Å². The van der Waals surface area contributed by atoms with E-state index < -0.39 is 27.9 Å². The maximum atomic E-state index is 13.5. The fourth-order valence-electron chi connectivity index (χ4n) is 3.56. The number of thioether (sulfide) groups is 1. The van der Waals surface area contributed by atoms with Gasteiger partial charge >= 0.3 is 27.1 Å². The molecule has 0 atom stereocenters. The lowest BCUT2D eigenvalue weighted by Gasteiger charge is -2.11. The van der Waals surface area contributed by atoms with Crippen molar-refractivity contribution in [2.45, 2.75) is 10.1 Å². The number of H-pyrrole nitrogens is 1. The van der Waals surface area contributed by atoms with Gasteiger partial charge in [0.1, 0.15) is 4.90 Å². The highest BCUT2D eigenvalue weighted by Gasteiger charge is 2.32. The molecule has 4 rings (SSSR count). The van der Waals surface area contributed by atoms with E-state index in [9.17, 15) is 22.8 Å². The average Bonchev–Trinajstić information content (AvgIpc) is 3.30. The molecule has 0 saturated heterocycles. The number of imidazole rings is 1. The molecule has 0 aliphatic rings. The van der Waals surface area contributed by atoms with E-state index in [2.05, 4.69) is 10.3 Å². The predicted molar refractivity (Wildman–Crippen MR) is 136 cm³/mol. The molecular weight excluding hydrogens is 518 g/mol. The van der Waals surface area contributed by atoms with E-state index in [1.165, 1.54) is 44.6 Å². The summed E-state index contributed by atoms with van der Waals surface area (Å²) in [6.07, 6.45) is 0. The Hall–Kier alpha value is -4.16. The smallest absolute Gasteiger partial charge is 0.339 e. The van der Waals surface area contributed by atoms with E-state index in [4.69, 9.17) is 9.47 Å². The fourth-order valence-corrected chi connectivity index (χ4v) is 6.15. The van der Waals surface area contributed by atoms with Gasteiger partial charge in [0, 0.05) is 0 Å². The second kappa shape index (κ2) is 10.8. The first kappa shape index (κ1) is 25.9. The summed E-state index contributed by atoms with van der Waals surface area (Å²) in [4.78, 5) is 40.1. The quantitative estimate of drug-likeness (QED) is 0.198. The Morgan fingerprint density at radius 1 is 0.919 bits per heavy atom. The van der Waals surface area contributed by atoms with Crippen LogP contribution in [-0.4, -0.2) is 51.2 Å². The van der Waals surface area contributed by atoms with Crippen LogP contribution in [0.25, 0.3) is 11.0 Å². The van der Waals surface area contributed by atoms with Crippen LogP contribution >= 0.6 is 11.8 Å². The van der Waals surface area contributed by atoms with Crippen molar-refractivity contribution in [2.75, 3.05) is 25.3 Å². The lowest BCUT2D eigenvalue weighted by Crippen LogP contribution is -2.44. The molecule has 1 amide bonds. The fraction of sp³-hybridized carbons (Fsp3) is 0.120. The Morgan fingerprint density at radius 3 is 2.30 bits per heavy atom. The number of nitrogens with one attached hydrogen (secondary N) is 2. The summed E-state index contributed by atoms with van der Waals surface area (Å²) in [5.74, 6) is -2.10. The molecule has 0 radical (unpaired) electrons. The van der Waals surface area contributed by atoms with Gasteiger partial charge in [0.2, 0.25) is 5.91 Å². The molecule has 2 N–H and O–H groups in total. The number of ether oxygens (including phenoxy) is 2. The zero-order chi connectivity index (χ0) is 26.6. The Morgan fingerprint density at radius 2 is 1.59 bits per heavy atom.